The maximum Gasteiger partial charge on any atom is 0.0650 e. The second-order valence-corrected chi connectivity index (χ2v) is 11.0. The molecular formula is C24H42O2. The van der Waals surface area contributed by atoms with Gasteiger partial charge in [-0.25, -0.2) is 0 Å². The van der Waals surface area contributed by atoms with Crippen molar-refractivity contribution in [1.82, 2.24) is 0 Å². The van der Waals surface area contributed by atoms with Crippen LogP contribution < -0.4 is 0 Å². The average Bonchev–Trinajstić information content (AvgIpc) is 2.98. The van der Waals surface area contributed by atoms with Gasteiger partial charge in [-0.3, -0.25) is 0 Å². The molecule has 4 aliphatic rings. The van der Waals surface area contributed by atoms with Crippen LogP contribution >= 0.6 is 0 Å². The van der Waals surface area contributed by atoms with Gasteiger partial charge >= 0.3 is 0 Å². The standard InChI is InChI=1S/C24H42O2/c1-4-11-24(26)13-10-18-17(14-24)5-6-20-19(18)9-12-23(3)21(16(2)15-25)7-8-22(20)23/h16-22,25-26H,4-15H2,1-3H3/t16?,17-,18-,19?,20?,21+,22-,23+,24+/m0/s1. The van der Waals surface area contributed by atoms with Crippen LogP contribution in [0, 0.1) is 46.8 Å². The second kappa shape index (κ2) is 7.07. The fraction of sp³-hybridized carbons (Fsp3) is 1.00. The van der Waals surface area contributed by atoms with Gasteiger partial charge in [-0.05, 0) is 111 Å². The van der Waals surface area contributed by atoms with E-state index in [9.17, 15) is 10.2 Å². The molecule has 0 amide bonds. The van der Waals surface area contributed by atoms with Crippen molar-refractivity contribution in [2.24, 2.45) is 46.8 Å². The molecule has 4 rings (SSSR count). The molecule has 4 aliphatic carbocycles. The molecule has 2 N–H and O–H groups in total. The van der Waals surface area contributed by atoms with Crippen molar-refractivity contribution in [2.45, 2.75) is 97.0 Å². The van der Waals surface area contributed by atoms with Crippen molar-refractivity contribution in [2.75, 3.05) is 6.61 Å². The fourth-order valence-corrected chi connectivity index (χ4v) is 8.76. The van der Waals surface area contributed by atoms with Crippen molar-refractivity contribution >= 4 is 0 Å². The molecule has 0 spiro atoms. The summed E-state index contributed by atoms with van der Waals surface area (Å²) in [5.41, 5.74) is 0.134. The Morgan fingerprint density at radius 1 is 0.962 bits per heavy atom. The third-order valence-electron chi connectivity index (χ3n) is 9.87. The molecule has 0 radical (unpaired) electrons. The van der Waals surface area contributed by atoms with Crippen molar-refractivity contribution in [3.63, 3.8) is 0 Å². The van der Waals surface area contributed by atoms with Crippen LogP contribution in [0.5, 0.6) is 0 Å². The Balaban J connectivity index is 1.49. The van der Waals surface area contributed by atoms with Crippen LogP contribution in [0.4, 0.5) is 0 Å². The normalized spacial score (nSPS) is 52.0. The van der Waals surface area contributed by atoms with Crippen LogP contribution in [0.3, 0.4) is 0 Å². The van der Waals surface area contributed by atoms with E-state index in [0.29, 0.717) is 17.9 Å². The van der Waals surface area contributed by atoms with Gasteiger partial charge in [0.15, 0.2) is 0 Å². The topological polar surface area (TPSA) is 40.5 Å². The Bertz CT molecular complexity index is 504. The zero-order valence-electron chi connectivity index (χ0n) is 17.4. The first-order chi connectivity index (χ1) is 12.4. The minimum Gasteiger partial charge on any atom is -0.396 e. The molecule has 3 unspecified atom stereocenters. The summed E-state index contributed by atoms with van der Waals surface area (Å²) in [7, 11) is 0. The minimum absolute atomic E-state index is 0.346. The Morgan fingerprint density at radius 2 is 1.73 bits per heavy atom. The highest BCUT2D eigenvalue weighted by atomic mass is 16.3. The molecule has 2 heteroatoms. The molecule has 0 aromatic carbocycles. The van der Waals surface area contributed by atoms with Gasteiger partial charge in [-0.15, -0.1) is 0 Å². The van der Waals surface area contributed by atoms with Crippen LogP contribution in [0.15, 0.2) is 0 Å². The Labute approximate surface area is 161 Å². The van der Waals surface area contributed by atoms with Crippen LogP contribution in [0.1, 0.15) is 91.4 Å². The SMILES string of the molecule is CCC[C@@]1(O)CC[C@@H]2C3CC[C@]4(C)[C@@H](C(C)CO)CC[C@H]4C3CC[C@H]2C1. The van der Waals surface area contributed by atoms with Gasteiger partial charge in [0.2, 0.25) is 0 Å². The largest absolute Gasteiger partial charge is 0.396 e. The molecule has 0 aliphatic heterocycles. The molecule has 0 heterocycles. The zero-order chi connectivity index (χ0) is 18.5. The summed E-state index contributed by atoms with van der Waals surface area (Å²) in [5.74, 6) is 5.65. The molecule has 4 fully saturated rings. The summed E-state index contributed by atoms with van der Waals surface area (Å²) in [6.07, 6.45) is 13.9. The van der Waals surface area contributed by atoms with E-state index in [1.165, 1.54) is 44.9 Å². The summed E-state index contributed by atoms with van der Waals surface area (Å²) < 4.78 is 0. The van der Waals surface area contributed by atoms with Gasteiger partial charge in [0, 0.05) is 6.61 Å². The first-order valence-electron chi connectivity index (χ1n) is 11.7. The zero-order valence-corrected chi connectivity index (χ0v) is 17.4. The van der Waals surface area contributed by atoms with Crippen molar-refractivity contribution in [1.29, 1.82) is 0 Å². The van der Waals surface area contributed by atoms with Crippen LogP contribution in [0.25, 0.3) is 0 Å². The summed E-state index contributed by atoms with van der Waals surface area (Å²) in [5, 5.41) is 20.8. The molecule has 2 nitrogen and oxygen atoms in total. The lowest BCUT2D eigenvalue weighted by atomic mass is 9.48. The Morgan fingerprint density at radius 3 is 2.46 bits per heavy atom. The van der Waals surface area contributed by atoms with E-state index in [1.807, 2.05) is 0 Å². The predicted molar refractivity (Wildman–Crippen MR) is 107 cm³/mol. The lowest BCUT2D eigenvalue weighted by Crippen LogP contribution is -2.51. The molecule has 150 valence electrons. The molecule has 9 atom stereocenters. The van der Waals surface area contributed by atoms with E-state index in [1.54, 1.807) is 0 Å². The molecule has 0 aromatic rings. The number of aliphatic hydroxyl groups is 2. The van der Waals surface area contributed by atoms with E-state index in [-0.39, 0.29) is 5.60 Å². The van der Waals surface area contributed by atoms with E-state index in [0.717, 1.165) is 61.2 Å². The number of aliphatic hydroxyl groups excluding tert-OH is 1. The summed E-state index contributed by atoms with van der Waals surface area (Å²) >= 11 is 0. The maximum absolute atomic E-state index is 11.0. The molecule has 4 saturated carbocycles. The van der Waals surface area contributed by atoms with Gasteiger partial charge in [-0.2, -0.15) is 0 Å². The monoisotopic (exact) mass is 362 g/mol. The number of hydrogen-bond acceptors (Lipinski definition) is 2. The van der Waals surface area contributed by atoms with Gasteiger partial charge < -0.3 is 10.2 Å². The Kier molecular flexibility index (Phi) is 5.23. The summed E-state index contributed by atoms with van der Waals surface area (Å²) in [6.45, 7) is 7.43. The number of rotatable bonds is 4. The lowest BCUT2D eigenvalue weighted by molar-refractivity contribution is -0.111. The van der Waals surface area contributed by atoms with E-state index in [2.05, 4.69) is 20.8 Å². The predicted octanol–water partition coefficient (Wildman–Crippen LogP) is 5.41. The molecule has 0 bridgehead atoms. The highest BCUT2D eigenvalue weighted by molar-refractivity contribution is 5.07. The van der Waals surface area contributed by atoms with Crippen LogP contribution in [-0.2, 0) is 0 Å². The fourth-order valence-electron chi connectivity index (χ4n) is 8.76. The van der Waals surface area contributed by atoms with Gasteiger partial charge in [0.25, 0.3) is 0 Å². The molecule has 26 heavy (non-hydrogen) atoms. The lowest BCUT2D eigenvalue weighted by Gasteiger charge is -2.57. The van der Waals surface area contributed by atoms with E-state index < -0.39 is 0 Å². The molecule has 0 aromatic heterocycles. The first-order valence-corrected chi connectivity index (χ1v) is 11.7. The van der Waals surface area contributed by atoms with E-state index >= 15 is 0 Å². The maximum atomic E-state index is 11.0. The molecular weight excluding hydrogens is 320 g/mol. The van der Waals surface area contributed by atoms with Gasteiger partial charge in [-0.1, -0.05) is 27.2 Å². The highest BCUT2D eigenvalue weighted by Crippen LogP contribution is 2.65. The first kappa shape index (κ1) is 19.2. The third kappa shape index (κ3) is 2.98. The highest BCUT2D eigenvalue weighted by Gasteiger charge is 2.58. The smallest absolute Gasteiger partial charge is 0.0650 e. The third-order valence-corrected chi connectivity index (χ3v) is 9.87. The minimum atomic E-state index is -0.346. The van der Waals surface area contributed by atoms with Crippen molar-refractivity contribution < 1.29 is 10.2 Å². The van der Waals surface area contributed by atoms with Gasteiger partial charge in [0.1, 0.15) is 0 Å². The van der Waals surface area contributed by atoms with Crippen molar-refractivity contribution in [3.8, 4) is 0 Å². The molecule has 0 saturated heterocycles. The average molecular weight is 363 g/mol. The summed E-state index contributed by atoms with van der Waals surface area (Å²) in [4.78, 5) is 0. The number of hydrogen-bond donors (Lipinski definition) is 2. The van der Waals surface area contributed by atoms with Gasteiger partial charge in [0.05, 0.1) is 5.60 Å². The number of fused-ring (bicyclic) bond motifs is 5. The summed E-state index contributed by atoms with van der Waals surface area (Å²) in [6, 6.07) is 0. The quantitative estimate of drug-likeness (QED) is 0.701. The second-order valence-electron chi connectivity index (χ2n) is 11.0. The van der Waals surface area contributed by atoms with Crippen LogP contribution in [-0.4, -0.2) is 22.4 Å². The van der Waals surface area contributed by atoms with E-state index in [4.69, 9.17) is 0 Å². The Hall–Kier alpha value is -0.0800. The van der Waals surface area contributed by atoms with Crippen LogP contribution in [0.2, 0.25) is 0 Å². The van der Waals surface area contributed by atoms with Crippen molar-refractivity contribution in [3.05, 3.63) is 0 Å².